The van der Waals surface area contributed by atoms with E-state index in [1.165, 1.54) is 0 Å². The summed E-state index contributed by atoms with van der Waals surface area (Å²) in [5.74, 6) is 0.601. The fourth-order valence-corrected chi connectivity index (χ4v) is 3.81. The van der Waals surface area contributed by atoms with Gasteiger partial charge in [-0.05, 0) is 50.4 Å². The Balaban J connectivity index is 1.59. The summed E-state index contributed by atoms with van der Waals surface area (Å²) in [5.41, 5.74) is 0.726. The summed E-state index contributed by atoms with van der Waals surface area (Å²) in [6.07, 6.45) is 3.20. The molecule has 1 aromatic rings. The van der Waals surface area contributed by atoms with Crippen molar-refractivity contribution in [3.63, 3.8) is 0 Å². The summed E-state index contributed by atoms with van der Waals surface area (Å²) in [5, 5.41) is 3.88. The second-order valence-electron chi connectivity index (χ2n) is 6.65. The Morgan fingerprint density at radius 2 is 2.17 bits per heavy atom. The first kappa shape index (κ1) is 17.2. The highest BCUT2D eigenvalue weighted by Gasteiger charge is 2.37. The quantitative estimate of drug-likeness (QED) is 0.887. The minimum atomic E-state index is -0.379. The SMILES string of the molecule is CN(C(=O)CCC1CCNC1)C1CCN(c2ccccc2Cl)C1=O. The molecule has 1 aromatic carbocycles. The predicted molar refractivity (Wildman–Crippen MR) is 95.2 cm³/mol. The maximum absolute atomic E-state index is 12.7. The van der Waals surface area contributed by atoms with E-state index in [9.17, 15) is 9.59 Å². The molecule has 2 heterocycles. The minimum Gasteiger partial charge on any atom is -0.334 e. The number of nitrogens with zero attached hydrogens (tertiary/aromatic N) is 2. The van der Waals surface area contributed by atoms with Crippen LogP contribution in [0, 0.1) is 5.92 Å². The Hall–Kier alpha value is -1.59. The van der Waals surface area contributed by atoms with E-state index in [-0.39, 0.29) is 17.9 Å². The van der Waals surface area contributed by atoms with Gasteiger partial charge in [-0.1, -0.05) is 23.7 Å². The zero-order valence-electron chi connectivity index (χ0n) is 14.0. The Morgan fingerprint density at radius 1 is 1.38 bits per heavy atom. The second kappa shape index (κ2) is 7.53. The van der Waals surface area contributed by atoms with E-state index in [4.69, 9.17) is 11.6 Å². The number of hydrogen-bond donors (Lipinski definition) is 1. The van der Waals surface area contributed by atoms with Crippen molar-refractivity contribution in [1.29, 1.82) is 0 Å². The average Bonchev–Trinajstić information content (AvgIpc) is 3.22. The maximum Gasteiger partial charge on any atom is 0.249 e. The Labute approximate surface area is 147 Å². The van der Waals surface area contributed by atoms with E-state index in [1.54, 1.807) is 22.9 Å². The monoisotopic (exact) mass is 349 g/mol. The molecule has 0 saturated carbocycles. The normalized spacial score (nSPS) is 23.8. The van der Waals surface area contributed by atoms with Crippen LogP contribution in [0.5, 0.6) is 0 Å². The molecule has 2 saturated heterocycles. The maximum atomic E-state index is 12.7. The Kier molecular flexibility index (Phi) is 5.41. The molecule has 2 amide bonds. The standard InChI is InChI=1S/C18H24ClN3O2/c1-21(17(23)7-6-13-8-10-20-12-13)16-9-11-22(18(16)24)15-5-3-2-4-14(15)19/h2-5,13,16,20H,6-12H2,1H3. The first-order chi connectivity index (χ1) is 11.6. The van der Waals surface area contributed by atoms with Crippen LogP contribution in [0.3, 0.4) is 0 Å². The molecule has 2 aliphatic heterocycles. The van der Waals surface area contributed by atoms with E-state index in [2.05, 4.69) is 5.32 Å². The number of likely N-dealkylation sites (N-methyl/N-ethyl adjacent to an activating group) is 1. The molecule has 0 spiro atoms. The molecule has 3 rings (SSSR count). The van der Waals surface area contributed by atoms with Crippen LogP contribution in [0.15, 0.2) is 24.3 Å². The van der Waals surface area contributed by atoms with Gasteiger partial charge in [-0.15, -0.1) is 0 Å². The zero-order valence-corrected chi connectivity index (χ0v) is 14.8. The molecular weight excluding hydrogens is 326 g/mol. The van der Waals surface area contributed by atoms with Gasteiger partial charge in [0.1, 0.15) is 6.04 Å². The number of nitrogens with one attached hydrogen (secondary N) is 1. The highest BCUT2D eigenvalue weighted by molar-refractivity contribution is 6.34. The second-order valence-corrected chi connectivity index (χ2v) is 7.06. The lowest BCUT2D eigenvalue weighted by Gasteiger charge is -2.25. The number of anilines is 1. The van der Waals surface area contributed by atoms with Crippen LogP contribution in [-0.2, 0) is 9.59 Å². The van der Waals surface area contributed by atoms with Gasteiger partial charge in [-0.25, -0.2) is 0 Å². The highest BCUT2D eigenvalue weighted by atomic mass is 35.5. The first-order valence-electron chi connectivity index (χ1n) is 8.60. The molecule has 2 aliphatic rings. The molecule has 5 nitrogen and oxygen atoms in total. The number of carbonyl (C=O) groups excluding carboxylic acids is 2. The van der Waals surface area contributed by atoms with Gasteiger partial charge in [0.15, 0.2) is 0 Å². The third-order valence-electron chi connectivity index (χ3n) is 5.11. The number of para-hydroxylation sites is 1. The van der Waals surface area contributed by atoms with E-state index in [0.717, 1.165) is 31.6 Å². The molecule has 24 heavy (non-hydrogen) atoms. The lowest BCUT2D eigenvalue weighted by molar-refractivity contribution is -0.136. The highest BCUT2D eigenvalue weighted by Crippen LogP contribution is 2.30. The van der Waals surface area contributed by atoms with Gasteiger partial charge in [-0.3, -0.25) is 9.59 Å². The summed E-state index contributed by atoms with van der Waals surface area (Å²) in [6, 6.07) is 6.96. The average molecular weight is 350 g/mol. The summed E-state index contributed by atoms with van der Waals surface area (Å²) in [7, 11) is 1.74. The summed E-state index contributed by atoms with van der Waals surface area (Å²) in [6.45, 7) is 2.64. The van der Waals surface area contributed by atoms with Gasteiger partial charge in [-0.2, -0.15) is 0 Å². The number of amides is 2. The van der Waals surface area contributed by atoms with Crippen molar-refractivity contribution in [1.82, 2.24) is 10.2 Å². The molecular formula is C18H24ClN3O2. The third kappa shape index (κ3) is 3.57. The van der Waals surface area contributed by atoms with Crippen molar-refractivity contribution in [2.45, 2.75) is 31.7 Å². The van der Waals surface area contributed by atoms with E-state index in [1.807, 2.05) is 18.2 Å². The van der Waals surface area contributed by atoms with E-state index in [0.29, 0.717) is 30.3 Å². The van der Waals surface area contributed by atoms with Gasteiger partial charge in [0, 0.05) is 20.0 Å². The summed E-state index contributed by atoms with van der Waals surface area (Å²) >= 11 is 6.20. The molecule has 0 bridgehead atoms. The van der Waals surface area contributed by atoms with Gasteiger partial charge >= 0.3 is 0 Å². The fourth-order valence-electron chi connectivity index (χ4n) is 3.57. The molecule has 0 aromatic heterocycles. The van der Waals surface area contributed by atoms with Crippen LogP contribution >= 0.6 is 11.6 Å². The number of rotatable bonds is 5. The van der Waals surface area contributed by atoms with Crippen molar-refractivity contribution in [3.8, 4) is 0 Å². The Bertz CT molecular complexity index is 616. The van der Waals surface area contributed by atoms with Crippen LogP contribution in [0.25, 0.3) is 0 Å². The van der Waals surface area contributed by atoms with Gasteiger partial charge in [0.25, 0.3) is 0 Å². The lowest BCUT2D eigenvalue weighted by Crippen LogP contribution is -2.43. The minimum absolute atomic E-state index is 0.0403. The Morgan fingerprint density at radius 3 is 2.88 bits per heavy atom. The van der Waals surface area contributed by atoms with E-state index >= 15 is 0 Å². The van der Waals surface area contributed by atoms with Gasteiger partial charge < -0.3 is 15.1 Å². The first-order valence-corrected chi connectivity index (χ1v) is 8.98. The van der Waals surface area contributed by atoms with Crippen molar-refractivity contribution in [3.05, 3.63) is 29.3 Å². The molecule has 2 unspecified atom stereocenters. The number of carbonyl (C=O) groups is 2. The van der Waals surface area contributed by atoms with Crippen LogP contribution in [-0.4, -0.2) is 49.4 Å². The van der Waals surface area contributed by atoms with Gasteiger partial charge in [0.05, 0.1) is 10.7 Å². The van der Waals surface area contributed by atoms with E-state index < -0.39 is 0 Å². The van der Waals surface area contributed by atoms with Crippen molar-refractivity contribution in [2.24, 2.45) is 5.92 Å². The van der Waals surface area contributed by atoms with Crippen molar-refractivity contribution >= 4 is 29.1 Å². The lowest BCUT2D eigenvalue weighted by atomic mass is 10.0. The van der Waals surface area contributed by atoms with Gasteiger partial charge in [0.2, 0.25) is 11.8 Å². The van der Waals surface area contributed by atoms with Crippen LogP contribution in [0.2, 0.25) is 5.02 Å². The topological polar surface area (TPSA) is 52.7 Å². The molecule has 2 fully saturated rings. The number of benzene rings is 1. The molecule has 1 N–H and O–H groups in total. The fraction of sp³-hybridized carbons (Fsp3) is 0.556. The largest absolute Gasteiger partial charge is 0.334 e. The van der Waals surface area contributed by atoms with Crippen LogP contribution in [0.4, 0.5) is 5.69 Å². The molecule has 0 aliphatic carbocycles. The predicted octanol–water partition coefficient (Wildman–Crippen LogP) is 2.29. The summed E-state index contributed by atoms with van der Waals surface area (Å²) < 4.78 is 0. The zero-order chi connectivity index (χ0) is 17.1. The molecule has 2 atom stereocenters. The van der Waals surface area contributed by atoms with Crippen LogP contribution < -0.4 is 10.2 Å². The third-order valence-corrected chi connectivity index (χ3v) is 5.43. The molecule has 130 valence electrons. The number of hydrogen-bond acceptors (Lipinski definition) is 3. The summed E-state index contributed by atoms with van der Waals surface area (Å²) in [4.78, 5) is 28.5. The number of halogens is 1. The molecule has 0 radical (unpaired) electrons. The van der Waals surface area contributed by atoms with Crippen molar-refractivity contribution in [2.75, 3.05) is 31.6 Å². The van der Waals surface area contributed by atoms with Crippen molar-refractivity contribution < 1.29 is 9.59 Å². The molecule has 6 heteroatoms. The van der Waals surface area contributed by atoms with Crippen LogP contribution in [0.1, 0.15) is 25.7 Å². The smallest absolute Gasteiger partial charge is 0.249 e.